The van der Waals surface area contributed by atoms with Crippen LogP contribution in [0.1, 0.15) is 20.3 Å². The number of nitrogens with two attached hydrogens (primary N) is 1. The molecule has 1 heterocycles. The fourth-order valence-corrected chi connectivity index (χ4v) is 1.77. The van der Waals surface area contributed by atoms with Gasteiger partial charge in [-0.3, -0.25) is 4.68 Å². The standard InChI is InChI=1S/C14H19N3O2/c1-3-8-17-10-11(9-16-17)19-13-7-5-6-12(14(13)15)18-4-2/h5-7,9-10H,3-4,8,15H2,1-2H3. The van der Waals surface area contributed by atoms with Crippen molar-refractivity contribution >= 4 is 5.69 Å². The lowest BCUT2D eigenvalue weighted by atomic mass is 10.2. The molecule has 0 unspecified atom stereocenters. The van der Waals surface area contributed by atoms with Crippen molar-refractivity contribution < 1.29 is 9.47 Å². The number of ether oxygens (including phenoxy) is 2. The van der Waals surface area contributed by atoms with Gasteiger partial charge in [-0.05, 0) is 25.5 Å². The lowest BCUT2D eigenvalue weighted by Gasteiger charge is -2.11. The number of aryl methyl sites for hydroxylation is 1. The zero-order valence-electron chi connectivity index (χ0n) is 11.3. The Kier molecular flexibility index (Phi) is 4.28. The van der Waals surface area contributed by atoms with Crippen LogP contribution in [-0.4, -0.2) is 16.4 Å². The largest absolute Gasteiger partial charge is 0.492 e. The van der Waals surface area contributed by atoms with Gasteiger partial charge in [0.25, 0.3) is 0 Å². The fraction of sp³-hybridized carbons (Fsp3) is 0.357. The minimum atomic E-state index is 0.507. The molecule has 19 heavy (non-hydrogen) atoms. The number of hydrogen-bond donors (Lipinski definition) is 1. The first-order valence-corrected chi connectivity index (χ1v) is 6.46. The smallest absolute Gasteiger partial charge is 0.165 e. The highest BCUT2D eigenvalue weighted by atomic mass is 16.5. The van der Waals surface area contributed by atoms with Crippen molar-refractivity contribution in [2.75, 3.05) is 12.3 Å². The maximum atomic E-state index is 6.01. The third-order valence-electron chi connectivity index (χ3n) is 2.62. The SMILES string of the molecule is CCCn1cc(Oc2cccc(OCC)c2N)cn1. The maximum Gasteiger partial charge on any atom is 0.165 e. The van der Waals surface area contributed by atoms with Crippen LogP contribution in [0, 0.1) is 0 Å². The second-order valence-electron chi connectivity index (χ2n) is 4.14. The second kappa shape index (κ2) is 6.13. The fourth-order valence-electron chi connectivity index (χ4n) is 1.77. The first kappa shape index (κ1) is 13.3. The number of aromatic nitrogens is 2. The summed E-state index contributed by atoms with van der Waals surface area (Å²) in [5, 5.41) is 4.21. The zero-order chi connectivity index (χ0) is 13.7. The predicted octanol–water partition coefficient (Wildman–Crippen LogP) is 3.07. The van der Waals surface area contributed by atoms with Gasteiger partial charge in [-0.15, -0.1) is 0 Å². The van der Waals surface area contributed by atoms with Gasteiger partial charge in [-0.1, -0.05) is 13.0 Å². The molecular weight excluding hydrogens is 242 g/mol. The van der Waals surface area contributed by atoms with Crippen LogP contribution < -0.4 is 15.2 Å². The van der Waals surface area contributed by atoms with Crippen molar-refractivity contribution in [3.8, 4) is 17.2 Å². The van der Waals surface area contributed by atoms with Crippen molar-refractivity contribution in [3.63, 3.8) is 0 Å². The Morgan fingerprint density at radius 3 is 2.79 bits per heavy atom. The van der Waals surface area contributed by atoms with Crippen LogP contribution >= 0.6 is 0 Å². The molecule has 0 amide bonds. The van der Waals surface area contributed by atoms with E-state index in [2.05, 4.69) is 12.0 Å². The van der Waals surface area contributed by atoms with Gasteiger partial charge in [-0.2, -0.15) is 5.10 Å². The summed E-state index contributed by atoms with van der Waals surface area (Å²) in [7, 11) is 0. The van der Waals surface area contributed by atoms with E-state index in [0.717, 1.165) is 13.0 Å². The van der Waals surface area contributed by atoms with Gasteiger partial charge < -0.3 is 15.2 Å². The van der Waals surface area contributed by atoms with Gasteiger partial charge in [0.15, 0.2) is 11.5 Å². The molecule has 0 spiro atoms. The van der Waals surface area contributed by atoms with Crippen LogP contribution in [0.15, 0.2) is 30.6 Å². The highest BCUT2D eigenvalue weighted by Crippen LogP contribution is 2.34. The Labute approximate surface area is 112 Å². The van der Waals surface area contributed by atoms with Crippen LogP contribution in [0.3, 0.4) is 0 Å². The van der Waals surface area contributed by atoms with Crippen LogP contribution in [-0.2, 0) is 6.54 Å². The first-order chi connectivity index (χ1) is 9.24. The zero-order valence-corrected chi connectivity index (χ0v) is 11.3. The molecule has 0 fully saturated rings. The lowest BCUT2D eigenvalue weighted by molar-refractivity contribution is 0.340. The third kappa shape index (κ3) is 3.19. The van der Waals surface area contributed by atoms with Crippen molar-refractivity contribution in [1.29, 1.82) is 0 Å². The van der Waals surface area contributed by atoms with Crippen LogP contribution in [0.4, 0.5) is 5.69 Å². The molecule has 2 aromatic rings. The Bertz CT molecular complexity index is 537. The number of benzene rings is 1. The summed E-state index contributed by atoms with van der Waals surface area (Å²) < 4.78 is 13.0. The molecule has 0 saturated heterocycles. The molecule has 0 aliphatic rings. The average molecular weight is 261 g/mol. The lowest BCUT2D eigenvalue weighted by Crippen LogP contribution is -1.99. The number of nitrogens with zero attached hydrogens (tertiary/aromatic N) is 2. The van der Waals surface area contributed by atoms with Crippen LogP contribution in [0.5, 0.6) is 17.2 Å². The van der Waals surface area contributed by atoms with Gasteiger partial charge in [-0.25, -0.2) is 0 Å². The molecule has 0 aliphatic heterocycles. The third-order valence-corrected chi connectivity index (χ3v) is 2.62. The van der Waals surface area contributed by atoms with E-state index in [1.165, 1.54) is 0 Å². The number of hydrogen-bond acceptors (Lipinski definition) is 4. The molecule has 0 bridgehead atoms. The maximum absolute atomic E-state index is 6.01. The number of anilines is 1. The van der Waals surface area contributed by atoms with Crippen LogP contribution in [0.2, 0.25) is 0 Å². The highest BCUT2D eigenvalue weighted by Gasteiger charge is 2.09. The Morgan fingerprint density at radius 2 is 2.05 bits per heavy atom. The molecule has 0 atom stereocenters. The molecular formula is C14H19N3O2. The molecule has 0 saturated carbocycles. The van der Waals surface area contributed by atoms with Gasteiger partial charge in [0.1, 0.15) is 11.4 Å². The molecule has 102 valence electrons. The average Bonchev–Trinajstić information content (AvgIpc) is 2.83. The summed E-state index contributed by atoms with van der Waals surface area (Å²) in [5.74, 6) is 1.90. The molecule has 0 radical (unpaired) electrons. The van der Waals surface area contributed by atoms with E-state index < -0.39 is 0 Å². The van der Waals surface area contributed by atoms with Crippen molar-refractivity contribution in [1.82, 2.24) is 9.78 Å². The summed E-state index contributed by atoms with van der Waals surface area (Å²) >= 11 is 0. The molecule has 0 aliphatic carbocycles. The van der Waals surface area contributed by atoms with E-state index in [1.54, 1.807) is 6.20 Å². The van der Waals surface area contributed by atoms with Gasteiger partial charge >= 0.3 is 0 Å². The summed E-state index contributed by atoms with van der Waals surface area (Å²) in [6.45, 7) is 5.47. The topological polar surface area (TPSA) is 62.3 Å². The summed E-state index contributed by atoms with van der Waals surface area (Å²) in [6, 6.07) is 5.49. The van der Waals surface area contributed by atoms with Gasteiger partial charge in [0.05, 0.1) is 19.0 Å². The van der Waals surface area contributed by atoms with E-state index >= 15 is 0 Å². The summed E-state index contributed by atoms with van der Waals surface area (Å²) in [4.78, 5) is 0. The van der Waals surface area contributed by atoms with Crippen molar-refractivity contribution in [3.05, 3.63) is 30.6 Å². The monoisotopic (exact) mass is 261 g/mol. The molecule has 1 aromatic carbocycles. The minimum Gasteiger partial charge on any atom is -0.492 e. The molecule has 5 nitrogen and oxygen atoms in total. The van der Waals surface area contributed by atoms with Gasteiger partial charge in [0.2, 0.25) is 0 Å². The van der Waals surface area contributed by atoms with Gasteiger partial charge in [0, 0.05) is 6.54 Å². The molecule has 1 aromatic heterocycles. The highest BCUT2D eigenvalue weighted by molar-refractivity contribution is 5.63. The van der Waals surface area contributed by atoms with E-state index in [1.807, 2.05) is 36.0 Å². The summed E-state index contributed by atoms with van der Waals surface area (Å²) in [6.07, 6.45) is 4.57. The summed E-state index contributed by atoms with van der Waals surface area (Å²) in [5.41, 5.74) is 6.51. The normalized spacial score (nSPS) is 10.4. The Balaban J connectivity index is 2.15. The predicted molar refractivity (Wildman–Crippen MR) is 74.6 cm³/mol. The Hall–Kier alpha value is -2.17. The quantitative estimate of drug-likeness (QED) is 0.812. The van der Waals surface area contributed by atoms with Crippen molar-refractivity contribution in [2.45, 2.75) is 26.8 Å². The molecule has 2 rings (SSSR count). The number of nitrogen functional groups attached to an aromatic ring is 1. The van der Waals surface area contributed by atoms with Crippen LogP contribution in [0.25, 0.3) is 0 Å². The molecule has 5 heteroatoms. The number of para-hydroxylation sites is 1. The van der Waals surface area contributed by atoms with E-state index in [4.69, 9.17) is 15.2 Å². The van der Waals surface area contributed by atoms with Crippen molar-refractivity contribution in [2.24, 2.45) is 0 Å². The number of rotatable bonds is 6. The second-order valence-corrected chi connectivity index (χ2v) is 4.14. The van der Waals surface area contributed by atoms with E-state index in [9.17, 15) is 0 Å². The molecule has 2 N–H and O–H groups in total. The Morgan fingerprint density at radius 1 is 1.26 bits per heavy atom. The minimum absolute atomic E-state index is 0.507. The van der Waals surface area contributed by atoms with E-state index in [-0.39, 0.29) is 0 Å². The first-order valence-electron chi connectivity index (χ1n) is 6.46. The van der Waals surface area contributed by atoms with E-state index in [0.29, 0.717) is 29.5 Å².